The summed E-state index contributed by atoms with van der Waals surface area (Å²) >= 11 is 0. The molecule has 0 saturated heterocycles. The van der Waals surface area contributed by atoms with E-state index in [1.165, 1.54) is 30.3 Å². The van der Waals surface area contributed by atoms with Gasteiger partial charge in [-0.1, -0.05) is 0 Å². The Hall–Kier alpha value is -2.08. The van der Waals surface area contributed by atoms with Crippen LogP contribution in [0.25, 0.3) is 0 Å². The molecule has 21 heavy (non-hydrogen) atoms. The van der Waals surface area contributed by atoms with E-state index in [1.54, 1.807) is 19.1 Å². The lowest BCUT2D eigenvalue weighted by atomic mass is 10.2. The van der Waals surface area contributed by atoms with E-state index in [2.05, 4.69) is 10.0 Å². The van der Waals surface area contributed by atoms with Crippen molar-refractivity contribution in [1.82, 2.24) is 0 Å². The van der Waals surface area contributed by atoms with Crippen LogP contribution in [0.1, 0.15) is 12.5 Å². The Morgan fingerprint density at radius 1 is 1.05 bits per heavy atom. The molecule has 2 rings (SSSR count). The third-order valence-electron chi connectivity index (χ3n) is 2.96. The van der Waals surface area contributed by atoms with E-state index in [-0.39, 0.29) is 10.7 Å². The maximum atomic E-state index is 13.2. The van der Waals surface area contributed by atoms with Crippen molar-refractivity contribution in [3.63, 3.8) is 0 Å². The molecule has 0 spiro atoms. The van der Waals surface area contributed by atoms with Gasteiger partial charge in [0.25, 0.3) is 10.0 Å². The molecule has 112 valence electrons. The van der Waals surface area contributed by atoms with Gasteiger partial charge < -0.3 is 5.32 Å². The van der Waals surface area contributed by atoms with Crippen LogP contribution >= 0.6 is 0 Å². The van der Waals surface area contributed by atoms with Crippen LogP contribution in [-0.2, 0) is 10.0 Å². The number of aryl methyl sites for hydroxylation is 1. The minimum Gasteiger partial charge on any atom is -0.385 e. The summed E-state index contributed by atoms with van der Waals surface area (Å²) in [5.41, 5.74) is 1.58. The first-order valence-corrected chi connectivity index (χ1v) is 8.03. The van der Waals surface area contributed by atoms with Crippen molar-refractivity contribution in [2.45, 2.75) is 18.7 Å². The van der Waals surface area contributed by atoms with E-state index in [9.17, 15) is 12.8 Å². The zero-order chi connectivity index (χ0) is 15.5. The van der Waals surface area contributed by atoms with Gasteiger partial charge >= 0.3 is 0 Å². The summed E-state index contributed by atoms with van der Waals surface area (Å²) in [4.78, 5) is 0.158. The van der Waals surface area contributed by atoms with E-state index >= 15 is 0 Å². The molecule has 0 bridgehead atoms. The van der Waals surface area contributed by atoms with E-state index in [0.29, 0.717) is 11.3 Å². The fourth-order valence-corrected chi connectivity index (χ4v) is 2.93. The van der Waals surface area contributed by atoms with Gasteiger partial charge in [-0.3, -0.25) is 4.72 Å². The Morgan fingerprint density at radius 3 is 2.24 bits per heavy atom. The van der Waals surface area contributed by atoms with Crippen molar-refractivity contribution in [2.75, 3.05) is 16.6 Å². The van der Waals surface area contributed by atoms with Crippen molar-refractivity contribution in [3.05, 3.63) is 53.8 Å². The van der Waals surface area contributed by atoms with E-state index in [0.717, 1.165) is 12.2 Å². The van der Waals surface area contributed by atoms with Crippen molar-refractivity contribution >= 4 is 21.4 Å². The lowest BCUT2D eigenvalue weighted by Crippen LogP contribution is -2.13. The molecular weight excluding hydrogens is 291 g/mol. The lowest BCUT2D eigenvalue weighted by Gasteiger charge is -2.10. The monoisotopic (exact) mass is 308 g/mol. The Balaban J connectivity index is 2.23. The third-order valence-corrected chi connectivity index (χ3v) is 4.35. The van der Waals surface area contributed by atoms with Gasteiger partial charge in [0, 0.05) is 17.9 Å². The Labute approximate surface area is 124 Å². The van der Waals surface area contributed by atoms with Crippen molar-refractivity contribution < 1.29 is 12.8 Å². The van der Waals surface area contributed by atoms with Gasteiger partial charge in [-0.05, 0) is 61.9 Å². The molecular formula is C15H17FN2O2S. The second-order valence-corrected chi connectivity index (χ2v) is 6.31. The zero-order valence-electron chi connectivity index (χ0n) is 11.9. The second kappa shape index (κ2) is 6.13. The maximum absolute atomic E-state index is 13.2. The van der Waals surface area contributed by atoms with Crippen molar-refractivity contribution in [1.29, 1.82) is 0 Å². The van der Waals surface area contributed by atoms with E-state index in [4.69, 9.17) is 0 Å². The van der Waals surface area contributed by atoms with Crippen LogP contribution < -0.4 is 10.0 Å². The molecule has 6 heteroatoms. The molecule has 0 fully saturated rings. The predicted octanol–water partition coefficient (Wildman–Crippen LogP) is 3.37. The molecule has 0 radical (unpaired) electrons. The molecule has 0 unspecified atom stereocenters. The molecule has 2 aromatic carbocycles. The van der Waals surface area contributed by atoms with Crippen LogP contribution in [-0.4, -0.2) is 15.0 Å². The van der Waals surface area contributed by atoms with Crippen molar-refractivity contribution in [2.24, 2.45) is 0 Å². The molecule has 2 aromatic rings. The van der Waals surface area contributed by atoms with Crippen LogP contribution in [0, 0.1) is 12.7 Å². The standard InChI is InChI=1S/C15H17FN2O2S/c1-3-17-12-4-7-14(8-5-12)21(19,20)18-13-6-9-15(16)11(2)10-13/h4-10,17-18H,3H2,1-2H3. The summed E-state index contributed by atoms with van der Waals surface area (Å²) in [5.74, 6) is -0.368. The first-order chi connectivity index (χ1) is 9.92. The summed E-state index contributed by atoms with van der Waals surface area (Å²) in [5, 5.41) is 3.09. The van der Waals surface area contributed by atoms with Crippen LogP contribution in [0.2, 0.25) is 0 Å². The minimum absolute atomic E-state index is 0.158. The molecule has 0 aliphatic rings. The number of halogens is 1. The van der Waals surface area contributed by atoms with Crippen LogP contribution in [0.15, 0.2) is 47.4 Å². The van der Waals surface area contributed by atoms with Gasteiger partial charge in [-0.25, -0.2) is 12.8 Å². The Bertz CT molecular complexity index is 728. The Kier molecular flexibility index (Phi) is 4.47. The van der Waals surface area contributed by atoms with E-state index < -0.39 is 10.0 Å². The molecule has 0 amide bonds. The number of sulfonamides is 1. The van der Waals surface area contributed by atoms with Gasteiger partial charge in [0.2, 0.25) is 0 Å². The first-order valence-electron chi connectivity index (χ1n) is 6.55. The third kappa shape index (κ3) is 3.72. The molecule has 0 saturated carbocycles. The molecule has 4 nitrogen and oxygen atoms in total. The first kappa shape index (κ1) is 15.3. The summed E-state index contributed by atoms with van der Waals surface area (Å²) in [6.45, 7) is 4.31. The number of hydrogen-bond acceptors (Lipinski definition) is 3. The van der Waals surface area contributed by atoms with Gasteiger partial charge in [0.15, 0.2) is 0 Å². The molecule has 2 N–H and O–H groups in total. The van der Waals surface area contributed by atoms with Crippen molar-refractivity contribution in [3.8, 4) is 0 Å². The number of nitrogens with one attached hydrogen (secondary N) is 2. The zero-order valence-corrected chi connectivity index (χ0v) is 12.7. The molecule has 0 aliphatic heterocycles. The van der Waals surface area contributed by atoms with Crippen LogP contribution in [0.4, 0.5) is 15.8 Å². The maximum Gasteiger partial charge on any atom is 0.261 e. The molecule has 0 heterocycles. The highest BCUT2D eigenvalue weighted by atomic mass is 32.2. The average molecular weight is 308 g/mol. The number of rotatable bonds is 5. The number of hydrogen-bond donors (Lipinski definition) is 2. The SMILES string of the molecule is CCNc1ccc(S(=O)(=O)Nc2ccc(F)c(C)c2)cc1. The van der Waals surface area contributed by atoms with Gasteiger partial charge in [-0.2, -0.15) is 0 Å². The highest BCUT2D eigenvalue weighted by molar-refractivity contribution is 7.92. The topological polar surface area (TPSA) is 58.2 Å². The van der Waals surface area contributed by atoms with Crippen LogP contribution in [0.5, 0.6) is 0 Å². The molecule has 0 aliphatic carbocycles. The number of benzene rings is 2. The lowest BCUT2D eigenvalue weighted by molar-refractivity contribution is 0.601. The molecule has 0 atom stereocenters. The van der Waals surface area contributed by atoms with Gasteiger partial charge in [0.1, 0.15) is 5.82 Å². The second-order valence-electron chi connectivity index (χ2n) is 4.62. The summed E-state index contributed by atoms with van der Waals surface area (Å²) < 4.78 is 40.1. The van der Waals surface area contributed by atoms with Gasteiger partial charge in [0.05, 0.1) is 4.90 Å². The smallest absolute Gasteiger partial charge is 0.261 e. The van der Waals surface area contributed by atoms with E-state index in [1.807, 2.05) is 6.92 Å². The fraction of sp³-hybridized carbons (Fsp3) is 0.200. The summed E-state index contributed by atoms with van der Waals surface area (Å²) in [6, 6.07) is 10.5. The summed E-state index contributed by atoms with van der Waals surface area (Å²) in [6.07, 6.45) is 0. The predicted molar refractivity (Wildman–Crippen MR) is 82.6 cm³/mol. The molecule has 0 aromatic heterocycles. The van der Waals surface area contributed by atoms with Crippen LogP contribution in [0.3, 0.4) is 0 Å². The fourth-order valence-electron chi connectivity index (χ4n) is 1.88. The summed E-state index contributed by atoms with van der Waals surface area (Å²) in [7, 11) is -3.67. The highest BCUT2D eigenvalue weighted by Gasteiger charge is 2.14. The quantitative estimate of drug-likeness (QED) is 0.890. The highest BCUT2D eigenvalue weighted by Crippen LogP contribution is 2.20. The van der Waals surface area contributed by atoms with Gasteiger partial charge in [-0.15, -0.1) is 0 Å². The largest absolute Gasteiger partial charge is 0.385 e. The Morgan fingerprint density at radius 2 is 1.67 bits per heavy atom. The number of anilines is 2. The average Bonchev–Trinajstić information content (AvgIpc) is 2.44. The minimum atomic E-state index is -3.67. The normalized spacial score (nSPS) is 11.2.